The zero-order chi connectivity index (χ0) is 18.6. The summed E-state index contributed by atoms with van der Waals surface area (Å²) in [5.74, 6) is 2.36. The highest BCUT2D eigenvalue weighted by Gasteiger charge is 2.22. The van der Waals surface area contributed by atoms with Gasteiger partial charge in [-0.05, 0) is 60.2 Å². The average Bonchev–Trinajstić information content (AvgIpc) is 3.15. The summed E-state index contributed by atoms with van der Waals surface area (Å²) >= 11 is 3.94. The third-order valence-electron chi connectivity index (χ3n) is 4.74. The molecule has 4 rings (SSSR count). The second-order valence-corrected chi connectivity index (χ2v) is 9.43. The maximum Gasteiger partial charge on any atom is 0.255 e. The molecule has 0 aromatic heterocycles. The lowest BCUT2D eigenvalue weighted by Gasteiger charge is -2.21. The summed E-state index contributed by atoms with van der Waals surface area (Å²) in [5.41, 5.74) is 3.43. The molecule has 2 aliphatic rings. The Hall–Kier alpha value is -1.92. The van der Waals surface area contributed by atoms with Crippen LogP contribution >= 0.6 is 23.5 Å². The van der Waals surface area contributed by atoms with Gasteiger partial charge in [0.05, 0.1) is 4.58 Å². The van der Waals surface area contributed by atoms with E-state index in [4.69, 9.17) is 0 Å². The summed E-state index contributed by atoms with van der Waals surface area (Å²) in [6.07, 6.45) is 2.72. The van der Waals surface area contributed by atoms with Gasteiger partial charge in [-0.1, -0.05) is 18.2 Å². The van der Waals surface area contributed by atoms with Crippen molar-refractivity contribution in [3.8, 4) is 0 Å². The van der Waals surface area contributed by atoms with Gasteiger partial charge in [-0.25, -0.2) is 0 Å². The monoisotopic (exact) mass is 398 g/mol. The first-order valence-corrected chi connectivity index (χ1v) is 11.4. The van der Waals surface area contributed by atoms with Crippen molar-refractivity contribution in [1.29, 1.82) is 0 Å². The molecule has 140 valence electrons. The maximum absolute atomic E-state index is 12.7. The average molecular weight is 399 g/mol. The minimum absolute atomic E-state index is 0.128. The molecule has 27 heavy (non-hydrogen) atoms. The Labute approximate surface area is 168 Å². The van der Waals surface area contributed by atoms with Crippen LogP contribution in [0.4, 0.5) is 11.4 Å². The van der Waals surface area contributed by atoms with Crippen LogP contribution in [0.2, 0.25) is 0 Å². The van der Waals surface area contributed by atoms with E-state index < -0.39 is 0 Å². The summed E-state index contributed by atoms with van der Waals surface area (Å²) < 4.78 is 0.445. The first-order valence-electron chi connectivity index (χ1n) is 9.26. The Morgan fingerprint density at radius 2 is 1.85 bits per heavy atom. The summed E-state index contributed by atoms with van der Waals surface area (Å²) in [6.45, 7) is 0.725. The van der Waals surface area contributed by atoms with E-state index >= 15 is 0 Å². The van der Waals surface area contributed by atoms with Crippen molar-refractivity contribution >= 4 is 46.7 Å². The lowest BCUT2D eigenvalue weighted by molar-refractivity contribution is -0.117. The van der Waals surface area contributed by atoms with Gasteiger partial charge < -0.3 is 10.2 Å². The van der Waals surface area contributed by atoms with Crippen molar-refractivity contribution < 1.29 is 9.59 Å². The van der Waals surface area contributed by atoms with Crippen molar-refractivity contribution in [2.24, 2.45) is 0 Å². The van der Waals surface area contributed by atoms with Gasteiger partial charge in [0.2, 0.25) is 5.91 Å². The molecule has 1 N–H and O–H groups in total. The molecular formula is C21H22N2O2S2. The lowest BCUT2D eigenvalue weighted by Crippen LogP contribution is -2.24. The predicted octanol–water partition coefficient (Wildman–Crippen LogP) is 4.93. The van der Waals surface area contributed by atoms with Gasteiger partial charge in [-0.15, -0.1) is 23.5 Å². The van der Waals surface area contributed by atoms with E-state index in [-0.39, 0.29) is 11.8 Å². The molecule has 2 amide bonds. The first-order chi connectivity index (χ1) is 13.2. The standard InChI is InChI=1S/C21H22N2O2S2/c24-19-9-3-10-23(19)18-8-2-5-15(14-18)20(25)22-17-7-1-6-16(13-17)21-26-11-4-12-27-21/h1-2,5-8,13-14,21H,3-4,9-12H2,(H,22,25). The molecule has 2 aromatic carbocycles. The molecule has 0 bridgehead atoms. The third kappa shape index (κ3) is 4.33. The molecule has 2 saturated heterocycles. The molecule has 2 aliphatic heterocycles. The van der Waals surface area contributed by atoms with Gasteiger partial charge in [0.15, 0.2) is 0 Å². The van der Waals surface area contributed by atoms with Crippen LogP contribution in [0.3, 0.4) is 0 Å². The highest BCUT2D eigenvalue weighted by Crippen LogP contribution is 2.44. The Kier molecular flexibility index (Phi) is 5.74. The van der Waals surface area contributed by atoms with E-state index in [1.165, 1.54) is 23.5 Å². The normalized spacial score (nSPS) is 17.9. The van der Waals surface area contributed by atoms with Crippen LogP contribution in [0.1, 0.15) is 39.8 Å². The fourth-order valence-corrected chi connectivity index (χ4v) is 6.26. The highest BCUT2D eigenvalue weighted by atomic mass is 32.2. The molecule has 2 fully saturated rings. The van der Waals surface area contributed by atoms with Crippen LogP contribution in [0.5, 0.6) is 0 Å². The molecule has 6 heteroatoms. The lowest BCUT2D eigenvalue weighted by atomic mass is 10.1. The molecule has 4 nitrogen and oxygen atoms in total. The first kappa shape index (κ1) is 18.4. The second kappa shape index (κ2) is 8.40. The number of hydrogen-bond donors (Lipinski definition) is 1. The van der Waals surface area contributed by atoms with Crippen molar-refractivity contribution in [3.05, 3.63) is 59.7 Å². The molecule has 0 unspecified atom stereocenters. The van der Waals surface area contributed by atoms with Gasteiger partial charge in [-0.3, -0.25) is 9.59 Å². The number of anilines is 2. The van der Waals surface area contributed by atoms with E-state index in [9.17, 15) is 9.59 Å². The van der Waals surface area contributed by atoms with Crippen molar-refractivity contribution in [2.45, 2.75) is 23.8 Å². The van der Waals surface area contributed by atoms with Gasteiger partial charge in [0.1, 0.15) is 0 Å². The summed E-state index contributed by atoms with van der Waals surface area (Å²) in [7, 11) is 0. The molecule has 2 aromatic rings. The van der Waals surface area contributed by atoms with Gasteiger partial charge in [-0.2, -0.15) is 0 Å². The van der Waals surface area contributed by atoms with Crippen LogP contribution in [0.25, 0.3) is 0 Å². The minimum atomic E-state index is -0.149. The molecule has 0 saturated carbocycles. The Balaban J connectivity index is 1.48. The number of carbonyl (C=O) groups excluding carboxylic acids is 2. The van der Waals surface area contributed by atoms with Crippen LogP contribution < -0.4 is 10.2 Å². The summed E-state index contributed by atoms with van der Waals surface area (Å²) in [5, 5.41) is 3.01. The third-order valence-corrected chi connectivity index (χ3v) is 7.75. The van der Waals surface area contributed by atoms with Crippen LogP contribution in [0, 0.1) is 0 Å². The largest absolute Gasteiger partial charge is 0.322 e. The number of carbonyl (C=O) groups is 2. The van der Waals surface area contributed by atoms with Crippen molar-refractivity contribution in [3.63, 3.8) is 0 Å². The van der Waals surface area contributed by atoms with Gasteiger partial charge >= 0.3 is 0 Å². The van der Waals surface area contributed by atoms with E-state index in [1.54, 1.807) is 17.0 Å². The van der Waals surface area contributed by atoms with E-state index in [2.05, 4.69) is 17.4 Å². The number of amides is 2. The van der Waals surface area contributed by atoms with Crippen LogP contribution in [0.15, 0.2) is 48.5 Å². The number of nitrogens with one attached hydrogen (secondary N) is 1. The smallest absolute Gasteiger partial charge is 0.255 e. The Morgan fingerprint density at radius 3 is 2.63 bits per heavy atom. The zero-order valence-corrected chi connectivity index (χ0v) is 16.7. The predicted molar refractivity (Wildman–Crippen MR) is 115 cm³/mol. The minimum Gasteiger partial charge on any atom is -0.322 e. The molecule has 0 spiro atoms. The van der Waals surface area contributed by atoms with Crippen LogP contribution in [-0.4, -0.2) is 29.9 Å². The molecule has 0 aliphatic carbocycles. The van der Waals surface area contributed by atoms with Crippen molar-refractivity contribution in [2.75, 3.05) is 28.3 Å². The molecule has 2 heterocycles. The summed E-state index contributed by atoms with van der Waals surface area (Å²) in [6, 6.07) is 15.4. The SMILES string of the molecule is O=C(Nc1cccc(C2SCCCS2)c1)c1cccc(N2CCCC2=O)c1. The number of thioether (sulfide) groups is 2. The van der Waals surface area contributed by atoms with Gasteiger partial charge in [0, 0.05) is 29.9 Å². The second-order valence-electron chi connectivity index (χ2n) is 6.71. The molecular weight excluding hydrogens is 376 g/mol. The Morgan fingerprint density at radius 1 is 1.04 bits per heavy atom. The number of benzene rings is 2. The van der Waals surface area contributed by atoms with E-state index in [0.717, 1.165) is 24.3 Å². The van der Waals surface area contributed by atoms with Crippen LogP contribution in [-0.2, 0) is 4.79 Å². The van der Waals surface area contributed by atoms with Crippen molar-refractivity contribution in [1.82, 2.24) is 0 Å². The quantitative estimate of drug-likeness (QED) is 0.793. The fourth-order valence-electron chi connectivity index (χ4n) is 3.38. The number of nitrogens with zero attached hydrogens (tertiary/aromatic N) is 1. The van der Waals surface area contributed by atoms with E-state index in [0.29, 0.717) is 16.6 Å². The Bertz CT molecular complexity index is 850. The zero-order valence-electron chi connectivity index (χ0n) is 15.0. The number of rotatable bonds is 4. The summed E-state index contributed by atoms with van der Waals surface area (Å²) in [4.78, 5) is 26.4. The molecule has 0 radical (unpaired) electrons. The molecule has 0 atom stereocenters. The fraction of sp³-hybridized carbons (Fsp3) is 0.333. The highest BCUT2D eigenvalue weighted by molar-refractivity contribution is 8.16. The topological polar surface area (TPSA) is 49.4 Å². The number of hydrogen-bond acceptors (Lipinski definition) is 4. The maximum atomic E-state index is 12.7. The van der Waals surface area contributed by atoms with E-state index in [1.807, 2.05) is 47.8 Å². The van der Waals surface area contributed by atoms with Gasteiger partial charge in [0.25, 0.3) is 5.91 Å².